The van der Waals surface area contributed by atoms with E-state index in [0.717, 1.165) is 0 Å². The van der Waals surface area contributed by atoms with Gasteiger partial charge in [-0.1, -0.05) is 18.2 Å². The Balaban J connectivity index is 1.87. The number of rotatable bonds is 2. The summed E-state index contributed by atoms with van der Waals surface area (Å²) < 4.78 is 10.3. The Kier molecular flexibility index (Phi) is 5.43. The second-order valence-electron chi connectivity index (χ2n) is 4.71. The van der Waals surface area contributed by atoms with Gasteiger partial charge in [-0.15, -0.1) is 0 Å². The van der Waals surface area contributed by atoms with E-state index in [2.05, 4.69) is 0 Å². The van der Waals surface area contributed by atoms with Crippen molar-refractivity contribution in [1.82, 2.24) is 9.80 Å². The monoisotopic (exact) mass is 292 g/mol. The molecule has 0 unspecified atom stereocenters. The average molecular weight is 292 g/mol. The summed E-state index contributed by atoms with van der Waals surface area (Å²) in [5, 5.41) is 0. The Bertz CT molecular complexity index is 478. The first-order chi connectivity index (χ1) is 10.2. The molecular formula is C15H20N2O4. The first-order valence-electron chi connectivity index (χ1n) is 7.14. The number of benzene rings is 1. The van der Waals surface area contributed by atoms with Crippen molar-refractivity contribution in [2.75, 3.05) is 32.8 Å². The van der Waals surface area contributed by atoms with Crippen molar-refractivity contribution in [2.45, 2.75) is 13.3 Å². The van der Waals surface area contributed by atoms with Gasteiger partial charge in [-0.2, -0.15) is 0 Å². The van der Waals surface area contributed by atoms with Crippen LogP contribution in [0, 0.1) is 0 Å². The maximum atomic E-state index is 12.1. The van der Waals surface area contributed by atoms with E-state index in [-0.39, 0.29) is 12.2 Å². The lowest BCUT2D eigenvalue weighted by molar-refractivity contribution is 0.107. The second-order valence-corrected chi connectivity index (χ2v) is 4.71. The quantitative estimate of drug-likeness (QED) is 0.839. The molecule has 0 bridgehead atoms. The summed E-state index contributed by atoms with van der Waals surface area (Å²) in [5.41, 5.74) is 0. The number of amides is 2. The predicted molar refractivity (Wildman–Crippen MR) is 77.3 cm³/mol. The highest BCUT2D eigenvalue weighted by Gasteiger charge is 2.23. The molecule has 1 aromatic carbocycles. The highest BCUT2D eigenvalue weighted by Crippen LogP contribution is 2.12. The van der Waals surface area contributed by atoms with Crippen molar-refractivity contribution in [3.05, 3.63) is 30.3 Å². The number of carbonyl (C=O) groups is 2. The highest BCUT2D eigenvalue weighted by molar-refractivity contribution is 5.71. The smallest absolute Gasteiger partial charge is 0.415 e. The zero-order chi connectivity index (χ0) is 15.1. The Morgan fingerprint density at radius 2 is 1.62 bits per heavy atom. The highest BCUT2D eigenvalue weighted by atomic mass is 16.6. The summed E-state index contributed by atoms with van der Waals surface area (Å²) in [6, 6.07) is 8.96. The SMILES string of the molecule is CCOC(=O)N1CCCN(C(=O)Oc2ccccc2)CC1. The third-order valence-electron chi connectivity index (χ3n) is 3.23. The van der Waals surface area contributed by atoms with E-state index < -0.39 is 0 Å². The van der Waals surface area contributed by atoms with Gasteiger partial charge in [0.15, 0.2) is 0 Å². The lowest BCUT2D eigenvalue weighted by Crippen LogP contribution is -2.38. The van der Waals surface area contributed by atoms with Crippen LogP contribution in [0.5, 0.6) is 5.75 Å². The van der Waals surface area contributed by atoms with E-state index in [1.807, 2.05) is 18.2 Å². The van der Waals surface area contributed by atoms with Crippen LogP contribution in [0.4, 0.5) is 9.59 Å². The first-order valence-corrected chi connectivity index (χ1v) is 7.14. The fourth-order valence-electron chi connectivity index (χ4n) is 2.15. The molecule has 2 amide bonds. The van der Waals surface area contributed by atoms with Gasteiger partial charge in [0.05, 0.1) is 6.61 Å². The van der Waals surface area contributed by atoms with E-state index in [1.165, 1.54) is 0 Å². The molecule has 2 rings (SSSR count). The molecule has 114 valence electrons. The fraction of sp³-hybridized carbons (Fsp3) is 0.467. The fourth-order valence-corrected chi connectivity index (χ4v) is 2.15. The normalized spacial score (nSPS) is 15.3. The number of ether oxygens (including phenoxy) is 2. The predicted octanol–water partition coefficient (Wildman–Crippen LogP) is 2.35. The van der Waals surface area contributed by atoms with Gasteiger partial charge in [0.25, 0.3) is 0 Å². The van der Waals surface area contributed by atoms with Gasteiger partial charge in [-0.3, -0.25) is 0 Å². The summed E-state index contributed by atoms with van der Waals surface area (Å²) in [4.78, 5) is 27.0. The van der Waals surface area contributed by atoms with E-state index in [1.54, 1.807) is 28.9 Å². The number of hydrogen-bond donors (Lipinski definition) is 0. The Morgan fingerprint density at radius 3 is 2.24 bits per heavy atom. The van der Waals surface area contributed by atoms with Crippen LogP contribution in [0.25, 0.3) is 0 Å². The zero-order valence-electron chi connectivity index (χ0n) is 12.2. The molecule has 1 aromatic rings. The molecule has 0 aliphatic carbocycles. The molecule has 0 atom stereocenters. The van der Waals surface area contributed by atoms with Crippen LogP contribution in [0.2, 0.25) is 0 Å². The van der Waals surface area contributed by atoms with Crippen molar-refractivity contribution >= 4 is 12.2 Å². The van der Waals surface area contributed by atoms with E-state index in [0.29, 0.717) is 45.0 Å². The molecule has 1 aliphatic heterocycles. The summed E-state index contributed by atoms with van der Waals surface area (Å²) in [5.74, 6) is 0.522. The van der Waals surface area contributed by atoms with Crippen molar-refractivity contribution < 1.29 is 19.1 Å². The lowest BCUT2D eigenvalue weighted by atomic mass is 10.3. The minimum absolute atomic E-state index is 0.323. The molecule has 1 saturated heterocycles. The number of hydrogen-bond acceptors (Lipinski definition) is 4. The van der Waals surface area contributed by atoms with E-state index in [4.69, 9.17) is 9.47 Å². The van der Waals surface area contributed by atoms with Gasteiger partial charge in [0.1, 0.15) is 5.75 Å². The minimum atomic E-state index is -0.382. The van der Waals surface area contributed by atoms with Crippen LogP contribution in [0.3, 0.4) is 0 Å². The van der Waals surface area contributed by atoms with Gasteiger partial charge in [0, 0.05) is 26.2 Å². The molecule has 1 aliphatic rings. The van der Waals surface area contributed by atoms with Crippen molar-refractivity contribution in [3.8, 4) is 5.75 Å². The van der Waals surface area contributed by atoms with Gasteiger partial charge >= 0.3 is 12.2 Å². The molecule has 0 N–H and O–H groups in total. The summed E-state index contributed by atoms with van der Waals surface area (Å²) in [6.45, 7) is 4.21. The van der Waals surface area contributed by atoms with Gasteiger partial charge in [0.2, 0.25) is 0 Å². The van der Waals surface area contributed by atoms with Crippen LogP contribution in [0.15, 0.2) is 30.3 Å². The third-order valence-corrected chi connectivity index (χ3v) is 3.23. The second kappa shape index (κ2) is 7.52. The standard InChI is InChI=1S/C15H20N2O4/c1-2-20-14(18)16-9-6-10-17(12-11-16)15(19)21-13-7-4-3-5-8-13/h3-5,7-8H,2,6,9-12H2,1H3. The third kappa shape index (κ3) is 4.37. The largest absolute Gasteiger partial charge is 0.450 e. The van der Waals surface area contributed by atoms with Crippen molar-refractivity contribution in [2.24, 2.45) is 0 Å². The molecule has 1 fully saturated rings. The van der Waals surface area contributed by atoms with Gasteiger partial charge in [-0.25, -0.2) is 9.59 Å². The number of carbonyl (C=O) groups excluding carboxylic acids is 2. The maximum absolute atomic E-state index is 12.1. The topological polar surface area (TPSA) is 59.1 Å². The molecule has 6 heteroatoms. The Hall–Kier alpha value is -2.24. The molecule has 0 radical (unpaired) electrons. The van der Waals surface area contributed by atoms with Crippen molar-refractivity contribution in [1.29, 1.82) is 0 Å². The summed E-state index contributed by atoms with van der Waals surface area (Å²) >= 11 is 0. The molecule has 6 nitrogen and oxygen atoms in total. The number of para-hydroxylation sites is 1. The minimum Gasteiger partial charge on any atom is -0.450 e. The van der Waals surface area contributed by atoms with Crippen molar-refractivity contribution in [3.63, 3.8) is 0 Å². The zero-order valence-corrected chi connectivity index (χ0v) is 12.2. The Morgan fingerprint density at radius 1 is 1.00 bits per heavy atom. The molecular weight excluding hydrogens is 272 g/mol. The first kappa shape index (κ1) is 15.2. The van der Waals surface area contributed by atoms with E-state index >= 15 is 0 Å². The van der Waals surface area contributed by atoms with Gasteiger partial charge in [-0.05, 0) is 25.5 Å². The van der Waals surface area contributed by atoms with E-state index in [9.17, 15) is 9.59 Å². The maximum Gasteiger partial charge on any atom is 0.415 e. The molecule has 1 heterocycles. The number of nitrogens with zero attached hydrogens (tertiary/aromatic N) is 2. The molecule has 0 aromatic heterocycles. The summed E-state index contributed by atoms with van der Waals surface area (Å²) in [6.07, 6.45) is 0.00517. The van der Waals surface area contributed by atoms with Crippen LogP contribution in [-0.2, 0) is 4.74 Å². The average Bonchev–Trinajstić information content (AvgIpc) is 2.74. The van der Waals surface area contributed by atoms with Crippen LogP contribution in [-0.4, -0.2) is 54.8 Å². The lowest BCUT2D eigenvalue weighted by Gasteiger charge is -2.21. The van der Waals surface area contributed by atoms with Crippen LogP contribution < -0.4 is 4.74 Å². The molecule has 21 heavy (non-hydrogen) atoms. The summed E-state index contributed by atoms with van der Waals surface area (Å²) in [7, 11) is 0. The van der Waals surface area contributed by atoms with Crippen LogP contribution in [0.1, 0.15) is 13.3 Å². The van der Waals surface area contributed by atoms with Crippen LogP contribution >= 0.6 is 0 Å². The molecule has 0 spiro atoms. The Labute approximate surface area is 124 Å². The molecule has 0 saturated carbocycles. The van der Waals surface area contributed by atoms with Gasteiger partial charge < -0.3 is 19.3 Å².